The molecule has 0 bridgehead atoms. The van der Waals surface area contributed by atoms with E-state index in [-0.39, 0.29) is 17.9 Å². The van der Waals surface area contributed by atoms with E-state index in [0.29, 0.717) is 13.2 Å². The Bertz CT molecular complexity index is 241. The Morgan fingerprint density at radius 2 is 2.12 bits per heavy atom. The summed E-state index contributed by atoms with van der Waals surface area (Å²) in [6.07, 6.45) is 4.34. The predicted molar refractivity (Wildman–Crippen MR) is 61.8 cm³/mol. The standard InChI is InChI=1S/C12H22N2O2/c1-16-7-11(2-3-13)14-12(15)10-5-8-4-9(8)6-10/h8-11H,2-7,13H2,1H3,(H,14,15). The van der Waals surface area contributed by atoms with E-state index < -0.39 is 0 Å². The zero-order chi connectivity index (χ0) is 11.5. The van der Waals surface area contributed by atoms with E-state index in [1.165, 1.54) is 6.42 Å². The van der Waals surface area contributed by atoms with E-state index in [1.807, 2.05) is 0 Å². The van der Waals surface area contributed by atoms with Gasteiger partial charge in [-0.05, 0) is 44.1 Å². The van der Waals surface area contributed by atoms with Crippen LogP contribution in [-0.4, -0.2) is 32.2 Å². The molecule has 3 N–H and O–H groups in total. The fraction of sp³-hybridized carbons (Fsp3) is 0.917. The topological polar surface area (TPSA) is 64.3 Å². The molecular formula is C12H22N2O2. The zero-order valence-electron chi connectivity index (χ0n) is 9.95. The lowest BCUT2D eigenvalue weighted by Gasteiger charge is -2.20. The number of methoxy groups -OCH3 is 1. The molecule has 0 aromatic heterocycles. The van der Waals surface area contributed by atoms with Crippen LogP contribution in [0.3, 0.4) is 0 Å². The first-order chi connectivity index (χ1) is 7.74. The van der Waals surface area contributed by atoms with Gasteiger partial charge in [0.25, 0.3) is 0 Å². The second-order valence-corrected chi connectivity index (χ2v) is 5.16. The van der Waals surface area contributed by atoms with Crippen molar-refractivity contribution in [3.05, 3.63) is 0 Å². The molecule has 0 heterocycles. The van der Waals surface area contributed by atoms with Crippen LogP contribution in [0.25, 0.3) is 0 Å². The molecule has 0 aromatic carbocycles. The highest BCUT2D eigenvalue weighted by molar-refractivity contribution is 5.79. The molecule has 0 radical (unpaired) electrons. The van der Waals surface area contributed by atoms with Gasteiger partial charge in [0, 0.05) is 13.0 Å². The molecule has 92 valence electrons. The highest BCUT2D eigenvalue weighted by Crippen LogP contribution is 2.54. The molecule has 2 aliphatic carbocycles. The molecule has 1 amide bonds. The SMILES string of the molecule is COCC(CCN)NC(=O)C1CC2CC2C1. The normalized spacial score (nSPS) is 33.2. The maximum absolute atomic E-state index is 12.0. The summed E-state index contributed by atoms with van der Waals surface area (Å²) in [6.45, 7) is 1.15. The second kappa shape index (κ2) is 5.15. The molecular weight excluding hydrogens is 204 g/mol. The molecule has 2 aliphatic rings. The van der Waals surface area contributed by atoms with Gasteiger partial charge in [-0.3, -0.25) is 4.79 Å². The number of hydrogen-bond donors (Lipinski definition) is 2. The first kappa shape index (κ1) is 11.9. The molecule has 2 saturated carbocycles. The fourth-order valence-corrected chi connectivity index (χ4v) is 2.85. The Kier molecular flexibility index (Phi) is 3.82. The molecule has 16 heavy (non-hydrogen) atoms. The number of carbonyl (C=O) groups excluding carboxylic acids is 1. The van der Waals surface area contributed by atoms with Crippen LogP contribution in [0.15, 0.2) is 0 Å². The number of nitrogens with two attached hydrogens (primary N) is 1. The van der Waals surface area contributed by atoms with Gasteiger partial charge in [-0.25, -0.2) is 0 Å². The summed E-state index contributed by atoms with van der Waals surface area (Å²) < 4.78 is 5.08. The Balaban J connectivity index is 1.75. The Morgan fingerprint density at radius 3 is 2.69 bits per heavy atom. The van der Waals surface area contributed by atoms with Crippen LogP contribution >= 0.6 is 0 Å². The van der Waals surface area contributed by atoms with Crippen molar-refractivity contribution in [2.75, 3.05) is 20.3 Å². The van der Waals surface area contributed by atoms with Crippen molar-refractivity contribution < 1.29 is 9.53 Å². The van der Waals surface area contributed by atoms with Gasteiger partial charge in [0.15, 0.2) is 0 Å². The number of rotatable bonds is 6. The average molecular weight is 226 g/mol. The van der Waals surface area contributed by atoms with Crippen LogP contribution in [0.1, 0.15) is 25.7 Å². The third-order valence-electron chi connectivity index (χ3n) is 3.84. The lowest BCUT2D eigenvalue weighted by molar-refractivity contribution is -0.126. The molecule has 2 fully saturated rings. The van der Waals surface area contributed by atoms with Gasteiger partial charge in [-0.2, -0.15) is 0 Å². The van der Waals surface area contributed by atoms with E-state index in [4.69, 9.17) is 10.5 Å². The largest absolute Gasteiger partial charge is 0.383 e. The van der Waals surface area contributed by atoms with Crippen molar-refractivity contribution >= 4 is 5.91 Å². The lowest BCUT2D eigenvalue weighted by atomic mass is 10.0. The summed E-state index contributed by atoms with van der Waals surface area (Å²) in [5, 5.41) is 3.06. The first-order valence-corrected chi connectivity index (χ1v) is 6.24. The highest BCUT2D eigenvalue weighted by Gasteiger charge is 2.48. The number of ether oxygens (including phenoxy) is 1. The van der Waals surface area contributed by atoms with Crippen LogP contribution < -0.4 is 11.1 Å². The number of hydrogen-bond acceptors (Lipinski definition) is 3. The third-order valence-corrected chi connectivity index (χ3v) is 3.84. The summed E-state index contributed by atoms with van der Waals surface area (Å²) in [5.74, 6) is 2.17. The smallest absolute Gasteiger partial charge is 0.223 e. The van der Waals surface area contributed by atoms with Gasteiger partial charge in [0.2, 0.25) is 5.91 Å². The van der Waals surface area contributed by atoms with Gasteiger partial charge in [-0.15, -0.1) is 0 Å². The molecule has 0 aromatic rings. The molecule has 3 unspecified atom stereocenters. The molecule has 4 nitrogen and oxygen atoms in total. The minimum Gasteiger partial charge on any atom is -0.383 e. The van der Waals surface area contributed by atoms with E-state index >= 15 is 0 Å². The molecule has 3 atom stereocenters. The van der Waals surface area contributed by atoms with E-state index in [9.17, 15) is 4.79 Å². The van der Waals surface area contributed by atoms with Crippen molar-refractivity contribution in [2.45, 2.75) is 31.7 Å². The van der Waals surface area contributed by atoms with Crippen LogP contribution in [0.2, 0.25) is 0 Å². The van der Waals surface area contributed by atoms with Crippen molar-refractivity contribution in [3.63, 3.8) is 0 Å². The van der Waals surface area contributed by atoms with Crippen LogP contribution in [0.4, 0.5) is 0 Å². The van der Waals surface area contributed by atoms with Gasteiger partial charge in [0.05, 0.1) is 12.6 Å². The number of amides is 1. The third kappa shape index (κ3) is 2.74. The maximum Gasteiger partial charge on any atom is 0.223 e. The predicted octanol–water partition coefficient (Wildman–Crippen LogP) is 0.513. The Morgan fingerprint density at radius 1 is 1.44 bits per heavy atom. The molecule has 0 spiro atoms. The second-order valence-electron chi connectivity index (χ2n) is 5.16. The summed E-state index contributed by atoms with van der Waals surface area (Å²) in [5.41, 5.74) is 5.51. The van der Waals surface area contributed by atoms with Gasteiger partial charge >= 0.3 is 0 Å². The Hall–Kier alpha value is -0.610. The molecule has 2 rings (SSSR count). The molecule has 0 aliphatic heterocycles. The monoisotopic (exact) mass is 226 g/mol. The first-order valence-electron chi connectivity index (χ1n) is 6.24. The van der Waals surface area contributed by atoms with E-state index in [2.05, 4.69) is 5.32 Å². The van der Waals surface area contributed by atoms with E-state index in [0.717, 1.165) is 31.1 Å². The average Bonchev–Trinajstić information content (AvgIpc) is 2.86. The van der Waals surface area contributed by atoms with Gasteiger partial charge < -0.3 is 15.8 Å². The fourth-order valence-electron chi connectivity index (χ4n) is 2.85. The quantitative estimate of drug-likeness (QED) is 0.693. The number of nitrogens with one attached hydrogen (secondary N) is 1. The summed E-state index contributed by atoms with van der Waals surface area (Å²) in [6, 6.07) is 0.0828. The van der Waals surface area contributed by atoms with Crippen molar-refractivity contribution in [1.82, 2.24) is 5.32 Å². The summed E-state index contributed by atoms with van der Waals surface area (Å²) in [7, 11) is 1.65. The lowest BCUT2D eigenvalue weighted by Crippen LogP contribution is -2.42. The summed E-state index contributed by atoms with van der Waals surface area (Å²) >= 11 is 0. The minimum atomic E-state index is 0.0828. The summed E-state index contributed by atoms with van der Waals surface area (Å²) in [4.78, 5) is 12.0. The van der Waals surface area contributed by atoms with Crippen LogP contribution in [0, 0.1) is 17.8 Å². The Labute approximate surface area is 96.9 Å². The maximum atomic E-state index is 12.0. The van der Waals surface area contributed by atoms with E-state index in [1.54, 1.807) is 7.11 Å². The molecule has 4 heteroatoms. The van der Waals surface area contributed by atoms with Crippen molar-refractivity contribution in [1.29, 1.82) is 0 Å². The van der Waals surface area contributed by atoms with Crippen LogP contribution in [-0.2, 0) is 9.53 Å². The number of carbonyl (C=O) groups is 1. The zero-order valence-corrected chi connectivity index (χ0v) is 9.95. The van der Waals surface area contributed by atoms with Crippen molar-refractivity contribution in [3.8, 4) is 0 Å². The highest BCUT2D eigenvalue weighted by atomic mass is 16.5. The van der Waals surface area contributed by atoms with Crippen molar-refractivity contribution in [2.24, 2.45) is 23.5 Å². The van der Waals surface area contributed by atoms with Crippen LogP contribution in [0.5, 0.6) is 0 Å². The minimum absolute atomic E-state index is 0.0828. The molecule has 0 saturated heterocycles. The van der Waals surface area contributed by atoms with Gasteiger partial charge in [0.1, 0.15) is 0 Å². The number of fused-ring (bicyclic) bond motifs is 1. The van der Waals surface area contributed by atoms with Gasteiger partial charge in [-0.1, -0.05) is 0 Å².